The minimum atomic E-state index is -3.66. The van der Waals surface area contributed by atoms with Gasteiger partial charge in [-0.2, -0.15) is 0 Å². The zero-order valence-electron chi connectivity index (χ0n) is 9.54. The smallest absolute Gasteiger partial charge is 0.395 e. The Bertz CT molecular complexity index is 464. The summed E-state index contributed by atoms with van der Waals surface area (Å²) in [5, 5.41) is 2.49. The van der Waals surface area contributed by atoms with Gasteiger partial charge in [0.2, 0.25) is 5.91 Å². The van der Waals surface area contributed by atoms with Crippen molar-refractivity contribution in [3.05, 3.63) is 18.2 Å². The van der Waals surface area contributed by atoms with Crippen molar-refractivity contribution >= 4 is 11.6 Å². The fraction of sp³-hybridized carbons (Fsp3) is 0.364. The van der Waals surface area contributed by atoms with Gasteiger partial charge >= 0.3 is 6.29 Å². The number of nitrogens with one attached hydrogen (secondary N) is 1. The number of benzene rings is 1. The molecular weight excluding hydrogens is 248 g/mol. The molecular formula is C11H11F2NO4. The standard InChI is InChI=1S/C11H11F2NO4/c1-2-16-6-10(15)14-7-3-4-8-9(5-7)18-11(12,13)17-8/h3-5H,2,6H2,1H3,(H,14,15). The lowest BCUT2D eigenvalue weighted by Crippen LogP contribution is -2.25. The van der Waals surface area contributed by atoms with Crippen LogP contribution in [0.25, 0.3) is 0 Å². The molecule has 18 heavy (non-hydrogen) atoms. The Labute approximate surface area is 102 Å². The van der Waals surface area contributed by atoms with E-state index in [-0.39, 0.29) is 24.0 Å². The van der Waals surface area contributed by atoms with Crippen LogP contribution in [0.5, 0.6) is 11.5 Å². The van der Waals surface area contributed by atoms with E-state index in [0.717, 1.165) is 0 Å². The van der Waals surface area contributed by atoms with Crippen LogP contribution in [-0.4, -0.2) is 25.4 Å². The Morgan fingerprint density at radius 3 is 2.83 bits per heavy atom. The van der Waals surface area contributed by atoms with Gasteiger partial charge in [-0.15, -0.1) is 8.78 Å². The van der Waals surface area contributed by atoms with Gasteiger partial charge in [0.15, 0.2) is 11.5 Å². The first-order valence-electron chi connectivity index (χ1n) is 5.27. The fourth-order valence-electron chi connectivity index (χ4n) is 1.42. The molecule has 1 heterocycles. The van der Waals surface area contributed by atoms with Gasteiger partial charge in [0.25, 0.3) is 0 Å². The number of carbonyl (C=O) groups is 1. The van der Waals surface area contributed by atoms with Crippen molar-refractivity contribution in [2.75, 3.05) is 18.5 Å². The highest BCUT2D eigenvalue weighted by molar-refractivity contribution is 5.92. The predicted molar refractivity (Wildman–Crippen MR) is 57.8 cm³/mol. The fourth-order valence-corrected chi connectivity index (χ4v) is 1.42. The number of halogens is 2. The first kappa shape index (κ1) is 12.6. The molecule has 1 aromatic carbocycles. The van der Waals surface area contributed by atoms with Crippen molar-refractivity contribution in [2.24, 2.45) is 0 Å². The first-order valence-corrected chi connectivity index (χ1v) is 5.27. The summed E-state index contributed by atoms with van der Waals surface area (Å²) in [5.74, 6) is -0.556. The second-order valence-corrected chi connectivity index (χ2v) is 3.51. The molecule has 0 unspecified atom stereocenters. The molecule has 0 saturated heterocycles. The van der Waals surface area contributed by atoms with Crippen molar-refractivity contribution in [3.63, 3.8) is 0 Å². The molecule has 0 aromatic heterocycles. The Kier molecular flexibility index (Phi) is 3.33. The van der Waals surface area contributed by atoms with Crippen molar-refractivity contribution in [3.8, 4) is 11.5 Å². The van der Waals surface area contributed by atoms with Crippen molar-refractivity contribution < 1.29 is 27.8 Å². The van der Waals surface area contributed by atoms with E-state index in [9.17, 15) is 13.6 Å². The second-order valence-electron chi connectivity index (χ2n) is 3.51. The van der Waals surface area contributed by atoms with E-state index in [1.165, 1.54) is 18.2 Å². The van der Waals surface area contributed by atoms with Crippen LogP contribution in [0.2, 0.25) is 0 Å². The van der Waals surface area contributed by atoms with E-state index >= 15 is 0 Å². The number of rotatable bonds is 4. The number of anilines is 1. The summed E-state index contributed by atoms with van der Waals surface area (Å²) in [6, 6.07) is 4.00. The summed E-state index contributed by atoms with van der Waals surface area (Å²) in [6.07, 6.45) is -3.66. The molecule has 1 aliphatic heterocycles. The van der Waals surface area contributed by atoms with E-state index in [1.807, 2.05) is 0 Å². The third-order valence-corrected chi connectivity index (χ3v) is 2.12. The monoisotopic (exact) mass is 259 g/mol. The lowest BCUT2D eigenvalue weighted by Gasteiger charge is -2.05. The van der Waals surface area contributed by atoms with Crippen LogP contribution in [0.4, 0.5) is 14.5 Å². The summed E-state index contributed by atoms with van der Waals surface area (Å²) in [6.45, 7) is 2.08. The Hall–Kier alpha value is -1.89. The molecule has 0 radical (unpaired) electrons. The largest absolute Gasteiger partial charge is 0.586 e. The summed E-state index contributed by atoms with van der Waals surface area (Å²) in [5.41, 5.74) is 0.333. The highest BCUT2D eigenvalue weighted by atomic mass is 19.3. The molecule has 0 aliphatic carbocycles. The quantitative estimate of drug-likeness (QED) is 0.898. The van der Waals surface area contributed by atoms with Gasteiger partial charge in [-0.05, 0) is 19.1 Å². The summed E-state index contributed by atoms with van der Waals surface area (Å²) < 4.78 is 38.9. The molecule has 5 nitrogen and oxygen atoms in total. The number of carbonyl (C=O) groups excluding carboxylic acids is 1. The second kappa shape index (κ2) is 4.77. The number of ether oxygens (including phenoxy) is 3. The van der Waals surface area contributed by atoms with Crippen LogP contribution in [-0.2, 0) is 9.53 Å². The highest BCUT2D eigenvalue weighted by Crippen LogP contribution is 2.42. The van der Waals surface area contributed by atoms with Crippen molar-refractivity contribution in [1.29, 1.82) is 0 Å². The van der Waals surface area contributed by atoms with E-state index in [4.69, 9.17) is 4.74 Å². The molecule has 1 aromatic rings. The maximum absolute atomic E-state index is 12.7. The molecule has 1 aliphatic rings. The van der Waals surface area contributed by atoms with Crippen LogP contribution in [0.3, 0.4) is 0 Å². The number of fused-ring (bicyclic) bond motifs is 1. The van der Waals surface area contributed by atoms with Crippen molar-refractivity contribution in [1.82, 2.24) is 0 Å². The van der Waals surface area contributed by atoms with Gasteiger partial charge in [0.1, 0.15) is 6.61 Å². The zero-order valence-corrected chi connectivity index (χ0v) is 9.54. The molecule has 0 bridgehead atoms. The SMILES string of the molecule is CCOCC(=O)Nc1ccc2c(c1)OC(F)(F)O2. The molecule has 1 N–H and O–H groups in total. The lowest BCUT2D eigenvalue weighted by molar-refractivity contribution is -0.286. The predicted octanol–water partition coefficient (Wildman–Crippen LogP) is 1.98. The summed E-state index contributed by atoms with van der Waals surface area (Å²) >= 11 is 0. The minimum absolute atomic E-state index is 0.0668. The average molecular weight is 259 g/mol. The number of alkyl halides is 2. The van der Waals surface area contributed by atoms with Crippen LogP contribution >= 0.6 is 0 Å². The number of hydrogen-bond acceptors (Lipinski definition) is 4. The summed E-state index contributed by atoms with van der Waals surface area (Å²) in [4.78, 5) is 11.3. The van der Waals surface area contributed by atoms with Crippen LogP contribution < -0.4 is 14.8 Å². The van der Waals surface area contributed by atoms with Gasteiger partial charge in [-0.3, -0.25) is 4.79 Å². The van der Waals surface area contributed by atoms with Gasteiger partial charge in [-0.25, -0.2) is 0 Å². The average Bonchev–Trinajstić information content (AvgIpc) is 2.59. The third-order valence-electron chi connectivity index (χ3n) is 2.12. The Morgan fingerprint density at radius 2 is 2.11 bits per heavy atom. The molecule has 2 rings (SSSR count). The molecule has 0 fully saturated rings. The van der Waals surface area contributed by atoms with Crippen LogP contribution in [0, 0.1) is 0 Å². The Balaban J connectivity index is 2.03. The van der Waals surface area contributed by atoms with E-state index in [1.54, 1.807) is 6.92 Å². The zero-order chi connectivity index (χ0) is 13.2. The molecule has 98 valence electrons. The van der Waals surface area contributed by atoms with E-state index in [2.05, 4.69) is 14.8 Å². The number of amides is 1. The lowest BCUT2D eigenvalue weighted by atomic mass is 10.3. The maximum atomic E-state index is 12.7. The van der Waals surface area contributed by atoms with Gasteiger partial charge in [0, 0.05) is 18.4 Å². The highest BCUT2D eigenvalue weighted by Gasteiger charge is 2.43. The topological polar surface area (TPSA) is 56.8 Å². The van der Waals surface area contributed by atoms with Crippen molar-refractivity contribution in [2.45, 2.75) is 13.2 Å². The first-order chi connectivity index (χ1) is 8.50. The molecule has 0 spiro atoms. The molecule has 1 amide bonds. The van der Waals surface area contributed by atoms with Crippen LogP contribution in [0.15, 0.2) is 18.2 Å². The molecule has 0 saturated carbocycles. The normalized spacial score (nSPS) is 15.5. The third kappa shape index (κ3) is 2.86. The van der Waals surface area contributed by atoms with Gasteiger partial charge in [0.05, 0.1) is 0 Å². The van der Waals surface area contributed by atoms with Crippen LogP contribution in [0.1, 0.15) is 6.92 Å². The molecule has 0 atom stereocenters. The molecule has 7 heteroatoms. The minimum Gasteiger partial charge on any atom is -0.395 e. The summed E-state index contributed by atoms with van der Waals surface area (Å²) in [7, 11) is 0. The Morgan fingerprint density at radius 1 is 1.39 bits per heavy atom. The van der Waals surface area contributed by atoms with E-state index < -0.39 is 6.29 Å². The van der Waals surface area contributed by atoms with Gasteiger partial charge < -0.3 is 19.5 Å². The number of hydrogen-bond donors (Lipinski definition) is 1. The maximum Gasteiger partial charge on any atom is 0.586 e. The van der Waals surface area contributed by atoms with Gasteiger partial charge in [-0.1, -0.05) is 0 Å². The van der Waals surface area contributed by atoms with E-state index in [0.29, 0.717) is 12.3 Å².